The molecule has 1 amide bonds. The molecule has 2 heterocycles. The standard InChI is InChI=1S/C29H25FN2O4/c30-22-12-10-20(11-13-22)28(34)32-16-14-21(15-17-32)29(35)36-18-25(33)26-23-8-4-5-9-24(23)31-27(26)19-6-2-1-3-7-19/h1-13,21,31H,14-18H2. The number of amides is 1. The van der Waals surface area contributed by atoms with E-state index in [2.05, 4.69) is 4.98 Å². The third-order valence-corrected chi connectivity index (χ3v) is 6.60. The minimum Gasteiger partial charge on any atom is -0.457 e. The molecule has 6 nitrogen and oxygen atoms in total. The van der Waals surface area contributed by atoms with Crippen LogP contribution in [0.5, 0.6) is 0 Å². The highest BCUT2D eigenvalue weighted by atomic mass is 19.1. The molecular weight excluding hydrogens is 459 g/mol. The number of halogens is 1. The van der Waals surface area contributed by atoms with Crippen molar-refractivity contribution in [3.63, 3.8) is 0 Å². The van der Waals surface area contributed by atoms with Crippen LogP contribution in [0.2, 0.25) is 0 Å². The molecule has 0 radical (unpaired) electrons. The average Bonchev–Trinajstić information content (AvgIpc) is 3.32. The topological polar surface area (TPSA) is 79.5 Å². The number of hydrogen-bond donors (Lipinski definition) is 1. The summed E-state index contributed by atoms with van der Waals surface area (Å²) in [7, 11) is 0. The van der Waals surface area contributed by atoms with Gasteiger partial charge in [-0.1, -0.05) is 48.5 Å². The summed E-state index contributed by atoms with van der Waals surface area (Å²) in [4.78, 5) is 43.6. The van der Waals surface area contributed by atoms with E-state index in [0.29, 0.717) is 42.8 Å². The number of ether oxygens (including phenoxy) is 1. The average molecular weight is 485 g/mol. The van der Waals surface area contributed by atoms with Gasteiger partial charge < -0.3 is 14.6 Å². The largest absolute Gasteiger partial charge is 0.457 e. The number of esters is 1. The lowest BCUT2D eigenvalue weighted by Gasteiger charge is -2.31. The Bertz CT molecular complexity index is 1400. The summed E-state index contributed by atoms with van der Waals surface area (Å²) in [5.74, 6) is -1.68. The molecule has 3 aromatic carbocycles. The van der Waals surface area contributed by atoms with Crippen molar-refractivity contribution in [2.45, 2.75) is 12.8 Å². The van der Waals surface area contributed by atoms with Crippen LogP contribution in [0, 0.1) is 11.7 Å². The first kappa shape index (κ1) is 23.5. The van der Waals surface area contributed by atoms with Crippen LogP contribution in [0.3, 0.4) is 0 Å². The Balaban J connectivity index is 1.22. The molecule has 1 N–H and O–H groups in total. The summed E-state index contributed by atoms with van der Waals surface area (Å²) in [6.45, 7) is 0.435. The van der Waals surface area contributed by atoms with Gasteiger partial charge in [-0.3, -0.25) is 14.4 Å². The summed E-state index contributed by atoms with van der Waals surface area (Å²) in [6.07, 6.45) is 0.893. The Kier molecular flexibility index (Phi) is 6.62. The lowest BCUT2D eigenvalue weighted by molar-refractivity contribution is -0.148. The number of aromatic amines is 1. The van der Waals surface area contributed by atoms with Crippen LogP contribution in [0.4, 0.5) is 4.39 Å². The lowest BCUT2D eigenvalue weighted by atomic mass is 9.96. The minimum absolute atomic E-state index is 0.190. The Hall–Kier alpha value is -4.26. The number of hydrogen-bond acceptors (Lipinski definition) is 4. The smallest absolute Gasteiger partial charge is 0.309 e. The van der Waals surface area contributed by atoms with Crippen molar-refractivity contribution in [1.82, 2.24) is 9.88 Å². The molecule has 5 rings (SSSR count). The first-order valence-corrected chi connectivity index (χ1v) is 11.9. The van der Waals surface area contributed by atoms with Gasteiger partial charge in [-0.05, 0) is 48.7 Å². The van der Waals surface area contributed by atoms with E-state index in [1.807, 2.05) is 54.6 Å². The summed E-state index contributed by atoms with van der Waals surface area (Å²) in [6, 6.07) is 22.5. The summed E-state index contributed by atoms with van der Waals surface area (Å²) < 4.78 is 18.6. The molecule has 36 heavy (non-hydrogen) atoms. The van der Waals surface area contributed by atoms with Crippen LogP contribution >= 0.6 is 0 Å². The van der Waals surface area contributed by atoms with Crippen molar-refractivity contribution >= 4 is 28.6 Å². The molecule has 0 aliphatic carbocycles. The van der Waals surface area contributed by atoms with Gasteiger partial charge in [-0.2, -0.15) is 0 Å². The predicted molar refractivity (Wildman–Crippen MR) is 134 cm³/mol. The molecule has 1 aliphatic heterocycles. The SMILES string of the molecule is O=C(COC(=O)C1CCN(C(=O)c2ccc(F)cc2)CC1)c1c(-c2ccccc2)[nH]c2ccccc12. The quantitative estimate of drug-likeness (QED) is 0.299. The Morgan fingerprint density at radius 1 is 0.889 bits per heavy atom. The maximum absolute atomic E-state index is 13.2. The van der Waals surface area contributed by atoms with E-state index in [0.717, 1.165) is 16.5 Å². The Morgan fingerprint density at radius 2 is 1.56 bits per heavy atom. The molecule has 0 atom stereocenters. The molecule has 1 aliphatic rings. The van der Waals surface area contributed by atoms with Crippen LogP contribution in [0.1, 0.15) is 33.6 Å². The van der Waals surface area contributed by atoms with Gasteiger partial charge in [0.15, 0.2) is 6.61 Å². The van der Waals surface area contributed by atoms with E-state index in [1.165, 1.54) is 24.3 Å². The van der Waals surface area contributed by atoms with Crippen molar-refractivity contribution < 1.29 is 23.5 Å². The van der Waals surface area contributed by atoms with E-state index in [-0.39, 0.29) is 24.2 Å². The van der Waals surface area contributed by atoms with E-state index >= 15 is 0 Å². The fourth-order valence-electron chi connectivity index (χ4n) is 4.67. The number of para-hydroxylation sites is 1. The number of nitrogens with zero attached hydrogens (tertiary/aromatic N) is 1. The van der Waals surface area contributed by atoms with Crippen molar-refractivity contribution in [3.05, 3.63) is 95.8 Å². The lowest BCUT2D eigenvalue weighted by Crippen LogP contribution is -2.40. The number of carbonyl (C=O) groups is 3. The van der Waals surface area contributed by atoms with Crippen molar-refractivity contribution in [2.75, 3.05) is 19.7 Å². The first-order chi connectivity index (χ1) is 17.5. The van der Waals surface area contributed by atoms with Crippen LogP contribution in [0.25, 0.3) is 22.2 Å². The fraction of sp³-hybridized carbons (Fsp3) is 0.207. The second kappa shape index (κ2) is 10.2. The number of piperidine rings is 1. The molecule has 0 bridgehead atoms. The number of nitrogens with one attached hydrogen (secondary N) is 1. The van der Waals surface area contributed by atoms with Gasteiger partial charge in [-0.15, -0.1) is 0 Å². The molecule has 1 fully saturated rings. The molecule has 7 heteroatoms. The first-order valence-electron chi connectivity index (χ1n) is 11.9. The number of Topliss-reactive ketones (excluding diaryl/α,β-unsaturated/α-hetero) is 1. The molecule has 0 saturated carbocycles. The zero-order valence-corrected chi connectivity index (χ0v) is 19.6. The van der Waals surface area contributed by atoms with Crippen molar-refractivity contribution in [3.8, 4) is 11.3 Å². The van der Waals surface area contributed by atoms with Crippen molar-refractivity contribution in [2.24, 2.45) is 5.92 Å². The summed E-state index contributed by atoms with van der Waals surface area (Å²) in [5.41, 5.74) is 3.33. The van der Waals surface area contributed by atoms with Crippen LogP contribution < -0.4 is 0 Å². The monoisotopic (exact) mass is 484 g/mol. The van der Waals surface area contributed by atoms with Crippen molar-refractivity contribution in [1.29, 1.82) is 0 Å². The van der Waals surface area contributed by atoms with E-state index in [4.69, 9.17) is 4.74 Å². The van der Waals surface area contributed by atoms with Gasteiger partial charge in [0.2, 0.25) is 5.78 Å². The zero-order valence-electron chi connectivity index (χ0n) is 19.6. The summed E-state index contributed by atoms with van der Waals surface area (Å²) in [5, 5.41) is 0.782. The van der Waals surface area contributed by atoms with Gasteiger partial charge in [0, 0.05) is 29.6 Å². The third kappa shape index (κ3) is 4.77. The maximum atomic E-state index is 13.2. The highest BCUT2D eigenvalue weighted by Gasteiger charge is 2.30. The molecule has 4 aromatic rings. The predicted octanol–water partition coefficient (Wildman–Crippen LogP) is 5.25. The fourth-order valence-corrected chi connectivity index (χ4v) is 4.67. The van der Waals surface area contributed by atoms with Crippen LogP contribution in [0.15, 0.2) is 78.9 Å². The maximum Gasteiger partial charge on any atom is 0.309 e. The van der Waals surface area contributed by atoms with Gasteiger partial charge in [0.25, 0.3) is 5.91 Å². The minimum atomic E-state index is -0.432. The highest BCUT2D eigenvalue weighted by molar-refractivity contribution is 6.14. The summed E-state index contributed by atoms with van der Waals surface area (Å²) >= 11 is 0. The van der Waals surface area contributed by atoms with E-state index < -0.39 is 11.8 Å². The number of carbonyl (C=O) groups excluding carboxylic acids is 3. The number of benzene rings is 3. The number of fused-ring (bicyclic) bond motifs is 1. The number of ketones is 1. The number of H-pyrrole nitrogens is 1. The van der Waals surface area contributed by atoms with Gasteiger partial charge >= 0.3 is 5.97 Å². The molecule has 1 aromatic heterocycles. The second-order valence-electron chi connectivity index (χ2n) is 8.89. The Labute approximate surface area is 207 Å². The number of likely N-dealkylation sites (tertiary alicyclic amines) is 1. The zero-order chi connectivity index (χ0) is 25.1. The molecule has 0 unspecified atom stereocenters. The molecule has 182 valence electrons. The van der Waals surface area contributed by atoms with Gasteiger partial charge in [-0.25, -0.2) is 4.39 Å². The van der Waals surface area contributed by atoms with E-state index in [1.54, 1.807) is 4.90 Å². The normalized spacial score (nSPS) is 14.1. The van der Waals surface area contributed by atoms with Crippen LogP contribution in [-0.2, 0) is 9.53 Å². The molecule has 0 spiro atoms. The van der Waals surface area contributed by atoms with Crippen LogP contribution in [-0.4, -0.2) is 47.2 Å². The molecular formula is C29H25FN2O4. The van der Waals surface area contributed by atoms with E-state index in [9.17, 15) is 18.8 Å². The highest BCUT2D eigenvalue weighted by Crippen LogP contribution is 2.31. The number of rotatable bonds is 6. The number of aromatic nitrogens is 1. The third-order valence-electron chi connectivity index (χ3n) is 6.60. The Morgan fingerprint density at radius 3 is 2.28 bits per heavy atom. The van der Waals surface area contributed by atoms with Gasteiger partial charge in [0.05, 0.1) is 17.2 Å². The second-order valence-corrected chi connectivity index (χ2v) is 8.89. The molecule has 1 saturated heterocycles. The van der Waals surface area contributed by atoms with Gasteiger partial charge in [0.1, 0.15) is 5.82 Å².